The number of piperidine rings is 1. The molecule has 0 spiro atoms. The van der Waals surface area contributed by atoms with Gasteiger partial charge >= 0.3 is 5.97 Å². The highest BCUT2D eigenvalue weighted by molar-refractivity contribution is 5.86. The third-order valence-corrected chi connectivity index (χ3v) is 6.38. The molecule has 2 unspecified atom stereocenters. The minimum Gasteiger partial charge on any atom is -0.480 e. The average Bonchev–Trinajstić information content (AvgIpc) is 2.77. The lowest BCUT2D eigenvalue weighted by Crippen LogP contribution is -2.45. The molecule has 0 aromatic heterocycles. The average molecular weight is 403 g/mol. The van der Waals surface area contributed by atoms with E-state index in [9.17, 15) is 9.90 Å². The van der Waals surface area contributed by atoms with Crippen molar-refractivity contribution in [1.29, 1.82) is 0 Å². The van der Waals surface area contributed by atoms with Crippen LogP contribution in [0.5, 0.6) is 0 Å². The summed E-state index contributed by atoms with van der Waals surface area (Å²) in [7, 11) is 0. The first-order chi connectivity index (χ1) is 14.6. The summed E-state index contributed by atoms with van der Waals surface area (Å²) in [4.78, 5) is 13.3. The zero-order valence-electron chi connectivity index (χ0n) is 17.5. The first-order valence-corrected chi connectivity index (χ1v) is 10.8. The van der Waals surface area contributed by atoms with Crippen LogP contribution in [0.3, 0.4) is 0 Å². The normalized spacial score (nSPS) is 20.8. The van der Waals surface area contributed by atoms with E-state index in [-0.39, 0.29) is 12.6 Å². The Morgan fingerprint density at radius 3 is 2.60 bits per heavy atom. The molecule has 0 aliphatic carbocycles. The van der Waals surface area contributed by atoms with E-state index in [1.54, 1.807) is 0 Å². The smallest absolute Gasteiger partial charge is 0.317 e. The highest BCUT2D eigenvalue weighted by Gasteiger charge is 2.31. The number of likely N-dealkylation sites (tertiary alicyclic amines) is 1. The molecule has 3 aromatic rings. The summed E-state index contributed by atoms with van der Waals surface area (Å²) in [5.41, 5.74) is 2.67. The Balaban J connectivity index is 1.50. The van der Waals surface area contributed by atoms with Crippen LogP contribution in [0.25, 0.3) is 10.8 Å². The second-order valence-electron chi connectivity index (χ2n) is 8.39. The summed E-state index contributed by atoms with van der Waals surface area (Å²) >= 11 is 0. The van der Waals surface area contributed by atoms with Crippen molar-refractivity contribution < 1.29 is 9.90 Å². The number of nitrogens with one attached hydrogen (secondary N) is 1. The van der Waals surface area contributed by atoms with Crippen LogP contribution in [-0.4, -0.2) is 42.2 Å². The van der Waals surface area contributed by atoms with Gasteiger partial charge in [-0.05, 0) is 53.6 Å². The van der Waals surface area contributed by atoms with Crippen molar-refractivity contribution in [2.24, 2.45) is 5.92 Å². The molecule has 1 aliphatic rings. The van der Waals surface area contributed by atoms with Crippen molar-refractivity contribution in [1.82, 2.24) is 10.2 Å². The van der Waals surface area contributed by atoms with Crippen LogP contribution in [0.4, 0.5) is 0 Å². The van der Waals surface area contributed by atoms with Crippen LogP contribution in [0, 0.1) is 5.92 Å². The number of hydrogen-bond acceptors (Lipinski definition) is 3. The van der Waals surface area contributed by atoms with Crippen LogP contribution in [0.1, 0.15) is 36.4 Å². The molecular formula is C26H30N2O2. The highest BCUT2D eigenvalue weighted by Crippen LogP contribution is 2.33. The molecule has 1 saturated heterocycles. The Morgan fingerprint density at radius 2 is 1.80 bits per heavy atom. The Hall–Kier alpha value is -2.69. The number of carboxylic acids is 1. The van der Waals surface area contributed by atoms with Crippen LogP contribution in [0.2, 0.25) is 0 Å². The number of fused-ring (bicyclic) bond motifs is 1. The van der Waals surface area contributed by atoms with Crippen molar-refractivity contribution in [3.8, 4) is 0 Å². The predicted octanol–water partition coefficient (Wildman–Crippen LogP) is 4.68. The van der Waals surface area contributed by atoms with Crippen molar-refractivity contribution in [2.45, 2.75) is 25.3 Å². The fraction of sp³-hybridized carbons (Fsp3) is 0.346. The summed E-state index contributed by atoms with van der Waals surface area (Å²) in [6.45, 7) is 4.84. The Bertz CT molecular complexity index is 983. The van der Waals surface area contributed by atoms with E-state index < -0.39 is 5.97 Å². The maximum atomic E-state index is 11.2. The molecule has 4 rings (SSSR count). The van der Waals surface area contributed by atoms with Gasteiger partial charge in [0.05, 0.1) is 6.54 Å². The zero-order chi connectivity index (χ0) is 20.9. The van der Waals surface area contributed by atoms with Gasteiger partial charge in [0.15, 0.2) is 0 Å². The third kappa shape index (κ3) is 4.72. The van der Waals surface area contributed by atoms with Crippen LogP contribution in [-0.2, 0) is 4.79 Å². The lowest BCUT2D eigenvalue weighted by molar-refractivity contribution is -0.138. The number of hydrogen-bond donors (Lipinski definition) is 2. The topological polar surface area (TPSA) is 52.6 Å². The first kappa shape index (κ1) is 20.6. The van der Waals surface area contributed by atoms with Gasteiger partial charge in [0.2, 0.25) is 0 Å². The molecule has 3 aromatic carbocycles. The van der Waals surface area contributed by atoms with Gasteiger partial charge in [0.25, 0.3) is 0 Å². The van der Waals surface area contributed by atoms with Crippen molar-refractivity contribution in [2.75, 3.05) is 26.2 Å². The van der Waals surface area contributed by atoms with Crippen molar-refractivity contribution >= 4 is 16.7 Å². The summed E-state index contributed by atoms with van der Waals surface area (Å²) in [6.07, 6.45) is 0.992. The number of rotatable bonds is 7. The molecule has 3 atom stereocenters. The molecule has 156 valence electrons. The molecule has 4 nitrogen and oxygen atoms in total. The van der Waals surface area contributed by atoms with Gasteiger partial charge in [-0.15, -0.1) is 0 Å². The highest BCUT2D eigenvalue weighted by atomic mass is 16.4. The maximum Gasteiger partial charge on any atom is 0.317 e. The largest absolute Gasteiger partial charge is 0.480 e. The summed E-state index contributed by atoms with van der Waals surface area (Å²) < 4.78 is 0. The lowest BCUT2D eigenvalue weighted by Gasteiger charge is -2.39. The van der Waals surface area contributed by atoms with Gasteiger partial charge in [0.1, 0.15) is 0 Å². The molecule has 1 fully saturated rings. The molecular weight excluding hydrogens is 372 g/mol. The van der Waals surface area contributed by atoms with Gasteiger partial charge < -0.3 is 10.4 Å². The van der Waals surface area contributed by atoms with E-state index in [0.717, 1.165) is 26.1 Å². The Kier molecular flexibility index (Phi) is 6.46. The van der Waals surface area contributed by atoms with Gasteiger partial charge in [0, 0.05) is 19.1 Å². The molecule has 30 heavy (non-hydrogen) atoms. The second kappa shape index (κ2) is 9.41. The molecule has 2 N–H and O–H groups in total. The second-order valence-corrected chi connectivity index (χ2v) is 8.39. The van der Waals surface area contributed by atoms with Gasteiger partial charge in [-0.2, -0.15) is 0 Å². The summed E-state index contributed by atoms with van der Waals surface area (Å²) in [5, 5.41) is 15.6. The van der Waals surface area contributed by atoms with Gasteiger partial charge in [-0.25, -0.2) is 0 Å². The van der Waals surface area contributed by atoms with Crippen LogP contribution in [0.15, 0.2) is 72.8 Å². The fourth-order valence-corrected chi connectivity index (χ4v) is 4.85. The van der Waals surface area contributed by atoms with E-state index in [1.807, 2.05) is 0 Å². The van der Waals surface area contributed by atoms with E-state index in [0.29, 0.717) is 11.8 Å². The van der Waals surface area contributed by atoms with E-state index in [1.165, 1.54) is 21.9 Å². The van der Waals surface area contributed by atoms with Gasteiger partial charge in [-0.1, -0.05) is 72.8 Å². The predicted molar refractivity (Wildman–Crippen MR) is 122 cm³/mol. The number of carboxylic acid groups (broad SMARTS) is 1. The molecule has 0 amide bonds. The van der Waals surface area contributed by atoms with Crippen molar-refractivity contribution in [3.63, 3.8) is 0 Å². The first-order valence-electron chi connectivity index (χ1n) is 10.8. The number of benzene rings is 3. The van der Waals surface area contributed by atoms with E-state index in [2.05, 4.69) is 89.9 Å². The monoisotopic (exact) mass is 402 g/mol. The SMILES string of the molecule is C[C@@H](NCC1CN(CC(=O)O)CCC1c1ccccc1)c1cccc2ccccc12. The molecule has 0 bridgehead atoms. The third-order valence-electron chi connectivity index (χ3n) is 6.38. The summed E-state index contributed by atoms with van der Waals surface area (Å²) in [5.74, 6) is 0.0744. The number of aliphatic carboxylic acids is 1. The number of nitrogens with zero attached hydrogens (tertiary/aromatic N) is 1. The van der Waals surface area contributed by atoms with Gasteiger partial charge in [-0.3, -0.25) is 9.69 Å². The summed E-state index contributed by atoms with van der Waals surface area (Å²) in [6, 6.07) is 25.9. The fourth-order valence-electron chi connectivity index (χ4n) is 4.85. The van der Waals surface area contributed by atoms with Crippen LogP contribution >= 0.6 is 0 Å². The standard InChI is InChI=1S/C26H30N2O2/c1-19(23-13-7-11-21-10-5-6-12-25(21)23)27-16-22-17-28(18-26(29)30)15-14-24(22)20-8-3-2-4-9-20/h2-13,19,22,24,27H,14-18H2,1H3,(H,29,30)/t19-,22?,24?/m1/s1. The Morgan fingerprint density at radius 1 is 1.07 bits per heavy atom. The minimum atomic E-state index is -0.746. The van der Waals surface area contributed by atoms with E-state index >= 15 is 0 Å². The zero-order valence-corrected chi connectivity index (χ0v) is 17.5. The molecule has 4 heteroatoms. The molecule has 0 saturated carbocycles. The minimum absolute atomic E-state index is 0.122. The molecule has 1 aliphatic heterocycles. The number of carbonyl (C=O) groups is 1. The molecule has 1 heterocycles. The van der Waals surface area contributed by atoms with E-state index in [4.69, 9.17) is 0 Å². The maximum absolute atomic E-state index is 11.2. The quantitative estimate of drug-likeness (QED) is 0.602. The van der Waals surface area contributed by atoms with Crippen molar-refractivity contribution in [3.05, 3.63) is 83.9 Å². The Labute approximate surface area is 178 Å². The molecule has 0 radical (unpaired) electrons. The van der Waals surface area contributed by atoms with Crippen LogP contribution < -0.4 is 5.32 Å². The lowest BCUT2D eigenvalue weighted by atomic mass is 9.80.